The predicted octanol–water partition coefficient (Wildman–Crippen LogP) is 2.74. The molecular formula is C19H19FN4O3S. The first-order chi connectivity index (χ1) is 13.3. The van der Waals surface area contributed by atoms with Gasteiger partial charge in [-0.3, -0.25) is 14.5 Å². The van der Waals surface area contributed by atoms with Gasteiger partial charge in [-0.2, -0.15) is 0 Å². The molecule has 1 fully saturated rings. The second kappa shape index (κ2) is 7.97. The maximum absolute atomic E-state index is 13.2. The Morgan fingerprint density at radius 2 is 1.96 bits per heavy atom. The summed E-state index contributed by atoms with van der Waals surface area (Å²) < 4.78 is 13.2. The van der Waals surface area contributed by atoms with Gasteiger partial charge in [-0.25, -0.2) is 14.2 Å². The van der Waals surface area contributed by atoms with E-state index in [1.165, 1.54) is 37.4 Å². The molecule has 9 heteroatoms. The van der Waals surface area contributed by atoms with Gasteiger partial charge in [0.25, 0.3) is 5.91 Å². The van der Waals surface area contributed by atoms with E-state index in [2.05, 4.69) is 15.6 Å². The van der Waals surface area contributed by atoms with E-state index in [0.29, 0.717) is 11.3 Å². The van der Waals surface area contributed by atoms with Gasteiger partial charge >= 0.3 is 6.03 Å². The van der Waals surface area contributed by atoms with Gasteiger partial charge in [0.1, 0.15) is 17.9 Å². The van der Waals surface area contributed by atoms with E-state index in [-0.39, 0.29) is 0 Å². The van der Waals surface area contributed by atoms with Crippen molar-refractivity contribution < 1.29 is 18.8 Å². The minimum atomic E-state index is -1.36. The van der Waals surface area contributed by atoms with Crippen molar-refractivity contribution in [3.63, 3.8) is 0 Å². The highest BCUT2D eigenvalue weighted by atomic mass is 32.2. The maximum atomic E-state index is 13.2. The smallest absolute Gasteiger partial charge is 0.323 e. The first kappa shape index (κ1) is 19.8. The number of pyridine rings is 1. The van der Waals surface area contributed by atoms with E-state index in [1.54, 1.807) is 23.9 Å². The summed E-state index contributed by atoms with van der Waals surface area (Å²) in [5, 5.41) is 6.03. The van der Waals surface area contributed by atoms with Gasteiger partial charge in [-0.1, -0.05) is 19.1 Å². The Kier molecular flexibility index (Phi) is 5.64. The Morgan fingerprint density at radius 1 is 1.25 bits per heavy atom. The number of aromatic nitrogens is 1. The lowest BCUT2D eigenvalue weighted by atomic mass is 9.92. The van der Waals surface area contributed by atoms with Crippen molar-refractivity contribution >= 4 is 35.3 Å². The fourth-order valence-corrected chi connectivity index (χ4v) is 3.44. The van der Waals surface area contributed by atoms with Crippen LogP contribution in [0.25, 0.3) is 0 Å². The van der Waals surface area contributed by atoms with Crippen LogP contribution in [0.15, 0.2) is 47.6 Å². The van der Waals surface area contributed by atoms with Crippen molar-refractivity contribution in [1.29, 1.82) is 0 Å². The number of thioether (sulfide) groups is 1. The van der Waals surface area contributed by atoms with E-state index in [4.69, 9.17) is 0 Å². The lowest BCUT2D eigenvalue weighted by Gasteiger charge is -2.22. The molecule has 2 aromatic rings. The Bertz CT molecular complexity index is 904. The van der Waals surface area contributed by atoms with E-state index in [1.807, 2.05) is 6.92 Å². The summed E-state index contributed by atoms with van der Waals surface area (Å²) in [7, 11) is 0. The lowest BCUT2D eigenvalue weighted by molar-refractivity contribution is -0.133. The number of imide groups is 1. The number of anilines is 1. The first-order valence-electron chi connectivity index (χ1n) is 8.62. The van der Waals surface area contributed by atoms with Crippen LogP contribution in [0.3, 0.4) is 0 Å². The molecule has 1 atom stereocenters. The van der Waals surface area contributed by atoms with E-state index < -0.39 is 35.7 Å². The van der Waals surface area contributed by atoms with Crippen LogP contribution in [-0.2, 0) is 15.1 Å². The molecule has 7 nitrogen and oxygen atoms in total. The second-order valence-electron chi connectivity index (χ2n) is 6.32. The number of carbonyl (C=O) groups is 3. The minimum absolute atomic E-state index is 0.434. The van der Waals surface area contributed by atoms with Gasteiger partial charge in [-0.15, -0.1) is 11.8 Å². The average Bonchev–Trinajstić information content (AvgIpc) is 2.88. The molecule has 1 aromatic heterocycles. The van der Waals surface area contributed by atoms with Crippen LogP contribution in [0.4, 0.5) is 14.9 Å². The molecule has 3 rings (SSSR count). The second-order valence-corrected chi connectivity index (χ2v) is 7.60. The zero-order valence-electron chi connectivity index (χ0n) is 15.4. The highest BCUT2D eigenvalue weighted by Crippen LogP contribution is 2.28. The lowest BCUT2D eigenvalue weighted by Crippen LogP contribution is -2.42. The summed E-state index contributed by atoms with van der Waals surface area (Å²) in [6, 6.07) is 8.09. The molecule has 0 saturated carbocycles. The van der Waals surface area contributed by atoms with Crippen molar-refractivity contribution in [3.8, 4) is 0 Å². The Hall–Kier alpha value is -2.94. The van der Waals surface area contributed by atoms with Crippen molar-refractivity contribution in [2.45, 2.75) is 24.4 Å². The highest BCUT2D eigenvalue weighted by Gasteiger charge is 2.49. The summed E-state index contributed by atoms with van der Waals surface area (Å²) in [6.45, 7) is 3.10. The number of nitrogens with one attached hydrogen (secondary N) is 2. The van der Waals surface area contributed by atoms with Crippen molar-refractivity contribution in [2.75, 3.05) is 17.6 Å². The molecule has 1 aromatic carbocycles. The average molecular weight is 402 g/mol. The highest BCUT2D eigenvalue weighted by molar-refractivity contribution is 7.99. The normalized spacial score (nSPS) is 18.9. The molecule has 146 valence electrons. The van der Waals surface area contributed by atoms with Crippen LogP contribution in [0, 0.1) is 5.82 Å². The number of amides is 4. The van der Waals surface area contributed by atoms with E-state index in [0.717, 1.165) is 15.7 Å². The number of benzene rings is 1. The van der Waals surface area contributed by atoms with E-state index >= 15 is 0 Å². The third kappa shape index (κ3) is 3.99. The molecule has 2 heterocycles. The van der Waals surface area contributed by atoms with Crippen molar-refractivity contribution in [1.82, 2.24) is 15.2 Å². The van der Waals surface area contributed by atoms with Crippen LogP contribution in [0.2, 0.25) is 0 Å². The molecule has 1 saturated heterocycles. The summed E-state index contributed by atoms with van der Waals surface area (Å²) in [6.07, 6.45) is 1.52. The summed E-state index contributed by atoms with van der Waals surface area (Å²) in [5.74, 6) is -0.661. The minimum Gasteiger partial charge on any atom is -0.323 e. The fraction of sp³-hybridized carbons (Fsp3) is 0.263. The van der Waals surface area contributed by atoms with Crippen molar-refractivity contribution in [2.24, 2.45) is 0 Å². The van der Waals surface area contributed by atoms with Gasteiger partial charge in [-0.05, 0) is 42.5 Å². The molecule has 0 radical (unpaired) electrons. The Labute approximate surface area is 165 Å². The molecule has 0 spiro atoms. The fourth-order valence-electron chi connectivity index (χ4n) is 2.85. The molecule has 1 unspecified atom stereocenters. The van der Waals surface area contributed by atoms with Crippen molar-refractivity contribution in [3.05, 3.63) is 54.0 Å². The van der Waals surface area contributed by atoms with Crippen LogP contribution >= 0.6 is 11.8 Å². The van der Waals surface area contributed by atoms with Gasteiger partial charge in [0.2, 0.25) is 5.91 Å². The van der Waals surface area contributed by atoms with E-state index in [9.17, 15) is 18.8 Å². The maximum Gasteiger partial charge on any atom is 0.325 e. The van der Waals surface area contributed by atoms with Crippen LogP contribution in [0.1, 0.15) is 19.4 Å². The molecule has 1 aliphatic heterocycles. The zero-order valence-corrected chi connectivity index (χ0v) is 16.2. The Morgan fingerprint density at radius 3 is 2.57 bits per heavy atom. The number of carbonyl (C=O) groups excluding carboxylic acids is 3. The first-order valence-corrected chi connectivity index (χ1v) is 9.61. The third-order valence-electron chi connectivity index (χ3n) is 4.31. The molecule has 4 amide bonds. The Balaban J connectivity index is 1.68. The molecule has 0 aliphatic carbocycles. The largest absolute Gasteiger partial charge is 0.325 e. The number of halogens is 1. The summed E-state index contributed by atoms with van der Waals surface area (Å²) in [4.78, 5) is 42.4. The van der Waals surface area contributed by atoms with Gasteiger partial charge in [0, 0.05) is 0 Å². The number of urea groups is 1. The molecule has 0 bridgehead atoms. The van der Waals surface area contributed by atoms with Crippen LogP contribution < -0.4 is 10.6 Å². The van der Waals surface area contributed by atoms with Crippen LogP contribution in [0.5, 0.6) is 0 Å². The summed E-state index contributed by atoms with van der Waals surface area (Å²) in [5.41, 5.74) is -0.451. The van der Waals surface area contributed by atoms with Gasteiger partial charge < -0.3 is 10.6 Å². The van der Waals surface area contributed by atoms with Gasteiger partial charge in [0.05, 0.1) is 16.9 Å². The monoisotopic (exact) mass is 402 g/mol. The standard InChI is InChI=1S/C19H19FN4O3S/c1-3-28-16-9-8-14(10-21-16)22-15(25)11-24-17(26)19(2,23-18(24)27)12-4-6-13(20)7-5-12/h4-10H,3,11H2,1-2H3,(H,22,25)(H,23,27). The number of hydrogen-bond donors (Lipinski definition) is 2. The quantitative estimate of drug-likeness (QED) is 0.573. The molecule has 28 heavy (non-hydrogen) atoms. The SMILES string of the molecule is CCSc1ccc(NC(=O)CN2C(=O)NC(C)(c3ccc(F)cc3)C2=O)cn1. The predicted molar refractivity (Wildman–Crippen MR) is 103 cm³/mol. The molecule has 2 N–H and O–H groups in total. The number of hydrogen-bond acceptors (Lipinski definition) is 5. The zero-order chi connectivity index (χ0) is 20.3. The number of rotatable bonds is 6. The summed E-state index contributed by atoms with van der Waals surface area (Å²) >= 11 is 1.58. The molecule has 1 aliphatic rings. The topological polar surface area (TPSA) is 91.4 Å². The number of nitrogens with zero attached hydrogens (tertiary/aromatic N) is 2. The van der Waals surface area contributed by atoms with Crippen LogP contribution in [-0.4, -0.2) is 40.0 Å². The third-order valence-corrected chi connectivity index (χ3v) is 5.14. The molecular weight excluding hydrogens is 383 g/mol. The van der Waals surface area contributed by atoms with Gasteiger partial charge in [0.15, 0.2) is 0 Å².